The van der Waals surface area contributed by atoms with Crippen LogP contribution in [0.4, 0.5) is 5.69 Å². The first kappa shape index (κ1) is 16.4. The summed E-state index contributed by atoms with van der Waals surface area (Å²) >= 11 is 1.27. The lowest BCUT2D eigenvalue weighted by atomic mass is 10.1. The zero-order valence-electron chi connectivity index (χ0n) is 13.5. The van der Waals surface area contributed by atoms with E-state index in [1.807, 2.05) is 48.5 Å². The molecule has 0 bridgehead atoms. The van der Waals surface area contributed by atoms with Gasteiger partial charge < -0.3 is 15.4 Å². The number of carbonyl (C=O) groups is 2. The number of methoxy groups -OCH3 is 1. The number of amides is 2. The smallest absolute Gasteiger partial charge is 0.250 e. The van der Waals surface area contributed by atoms with Crippen LogP contribution < -0.4 is 15.4 Å². The van der Waals surface area contributed by atoms with Crippen LogP contribution >= 0.6 is 11.8 Å². The minimum absolute atomic E-state index is 0.311. The molecular formula is C18H18N2O3S. The largest absolute Gasteiger partial charge is 0.497 e. The van der Waals surface area contributed by atoms with E-state index in [2.05, 4.69) is 10.6 Å². The van der Waals surface area contributed by atoms with Crippen LogP contribution in [-0.4, -0.2) is 23.7 Å². The molecule has 0 fully saturated rings. The van der Waals surface area contributed by atoms with E-state index in [0.29, 0.717) is 6.54 Å². The second kappa shape index (κ2) is 6.57. The summed E-state index contributed by atoms with van der Waals surface area (Å²) < 4.78 is 3.97. The molecule has 2 aromatic rings. The molecule has 1 atom stereocenters. The number of ether oxygens (including phenoxy) is 1. The second-order valence-corrected chi connectivity index (χ2v) is 7.08. The van der Waals surface area contributed by atoms with Gasteiger partial charge in [0.25, 0.3) is 0 Å². The SMILES string of the molecule is COc1cccc(CNC(=O)[C@]2(C)Sc3ccccc3NC2=O)c1. The maximum absolute atomic E-state index is 12.6. The number of thioether (sulfide) groups is 1. The Bertz CT molecular complexity index is 793. The monoisotopic (exact) mass is 342 g/mol. The number of hydrogen-bond acceptors (Lipinski definition) is 4. The Morgan fingerprint density at radius 2 is 2.04 bits per heavy atom. The minimum atomic E-state index is -1.20. The summed E-state index contributed by atoms with van der Waals surface area (Å²) in [6.07, 6.45) is 0. The van der Waals surface area contributed by atoms with Gasteiger partial charge in [0, 0.05) is 11.4 Å². The lowest BCUT2D eigenvalue weighted by molar-refractivity contribution is -0.130. The standard InChI is InChI=1S/C18H18N2O3S/c1-18(17(22)20-14-8-3-4-9-15(14)24-18)16(21)19-11-12-6-5-7-13(10-12)23-2/h3-10H,11H2,1-2H3,(H,19,21)(H,20,22)/t18-/m0/s1. The molecule has 0 radical (unpaired) electrons. The van der Waals surface area contributed by atoms with Crippen molar-refractivity contribution in [2.75, 3.05) is 12.4 Å². The molecule has 0 saturated heterocycles. The Balaban J connectivity index is 1.73. The molecule has 1 aliphatic heterocycles. The molecule has 3 rings (SSSR count). The van der Waals surface area contributed by atoms with Gasteiger partial charge in [0.05, 0.1) is 12.8 Å². The van der Waals surface area contributed by atoms with Crippen molar-refractivity contribution in [2.24, 2.45) is 0 Å². The highest BCUT2D eigenvalue weighted by atomic mass is 32.2. The third-order valence-corrected chi connectivity index (χ3v) is 5.26. The first-order valence-corrected chi connectivity index (χ1v) is 8.35. The fourth-order valence-electron chi connectivity index (χ4n) is 2.45. The van der Waals surface area contributed by atoms with Gasteiger partial charge >= 0.3 is 0 Å². The Morgan fingerprint density at radius 1 is 1.25 bits per heavy atom. The number of carbonyl (C=O) groups excluding carboxylic acids is 2. The average Bonchev–Trinajstić information content (AvgIpc) is 2.60. The van der Waals surface area contributed by atoms with Gasteiger partial charge in [-0.3, -0.25) is 9.59 Å². The quantitative estimate of drug-likeness (QED) is 0.839. The number of nitrogens with one attached hydrogen (secondary N) is 2. The number of hydrogen-bond donors (Lipinski definition) is 2. The van der Waals surface area contributed by atoms with E-state index in [0.717, 1.165) is 21.9 Å². The molecule has 1 heterocycles. The molecule has 24 heavy (non-hydrogen) atoms. The molecule has 2 amide bonds. The molecule has 0 spiro atoms. The molecular weight excluding hydrogens is 324 g/mol. The van der Waals surface area contributed by atoms with E-state index in [9.17, 15) is 9.59 Å². The Labute approximate surface area is 144 Å². The molecule has 6 heteroatoms. The minimum Gasteiger partial charge on any atom is -0.497 e. The third-order valence-electron chi connectivity index (χ3n) is 3.90. The van der Waals surface area contributed by atoms with E-state index in [1.165, 1.54) is 11.8 Å². The molecule has 0 aromatic heterocycles. The first-order valence-electron chi connectivity index (χ1n) is 7.53. The van der Waals surface area contributed by atoms with Gasteiger partial charge in [-0.1, -0.05) is 36.0 Å². The van der Waals surface area contributed by atoms with Crippen molar-refractivity contribution in [1.82, 2.24) is 5.32 Å². The van der Waals surface area contributed by atoms with Crippen molar-refractivity contribution in [3.8, 4) is 5.75 Å². The van der Waals surface area contributed by atoms with Gasteiger partial charge in [0.15, 0.2) is 4.75 Å². The molecule has 124 valence electrons. The zero-order valence-corrected chi connectivity index (χ0v) is 14.3. The van der Waals surface area contributed by atoms with Crippen molar-refractivity contribution in [2.45, 2.75) is 23.1 Å². The lowest BCUT2D eigenvalue weighted by Crippen LogP contribution is -2.51. The van der Waals surface area contributed by atoms with Crippen LogP contribution in [0.1, 0.15) is 12.5 Å². The van der Waals surface area contributed by atoms with E-state index in [4.69, 9.17) is 4.74 Å². The summed E-state index contributed by atoms with van der Waals surface area (Å²) in [5.41, 5.74) is 1.65. The molecule has 1 aliphatic rings. The van der Waals surface area contributed by atoms with E-state index in [1.54, 1.807) is 14.0 Å². The maximum Gasteiger partial charge on any atom is 0.250 e. The van der Waals surface area contributed by atoms with Gasteiger partial charge in [0.2, 0.25) is 11.8 Å². The summed E-state index contributed by atoms with van der Waals surface area (Å²) in [5, 5.41) is 5.65. The molecule has 5 nitrogen and oxygen atoms in total. The van der Waals surface area contributed by atoms with Crippen LogP contribution in [0.3, 0.4) is 0 Å². The summed E-state index contributed by atoms with van der Waals surface area (Å²) in [4.78, 5) is 25.9. The van der Waals surface area contributed by atoms with Crippen molar-refractivity contribution >= 4 is 29.3 Å². The fourth-order valence-corrected chi connectivity index (χ4v) is 3.57. The van der Waals surface area contributed by atoms with Crippen LogP contribution in [-0.2, 0) is 16.1 Å². The lowest BCUT2D eigenvalue weighted by Gasteiger charge is -2.31. The molecule has 0 aliphatic carbocycles. The van der Waals surface area contributed by atoms with E-state index in [-0.39, 0.29) is 11.8 Å². The van der Waals surface area contributed by atoms with Crippen molar-refractivity contribution in [3.05, 3.63) is 54.1 Å². The fraction of sp³-hybridized carbons (Fsp3) is 0.222. The van der Waals surface area contributed by atoms with Crippen LogP contribution in [0.25, 0.3) is 0 Å². The third kappa shape index (κ3) is 3.10. The molecule has 0 saturated carbocycles. The summed E-state index contributed by atoms with van der Waals surface area (Å²) in [6.45, 7) is 1.98. The number of benzene rings is 2. The van der Waals surface area contributed by atoms with Gasteiger partial charge in [-0.15, -0.1) is 0 Å². The molecule has 2 aromatic carbocycles. The maximum atomic E-state index is 12.6. The number of fused-ring (bicyclic) bond motifs is 1. The Hall–Kier alpha value is -2.47. The van der Waals surface area contributed by atoms with Crippen molar-refractivity contribution in [1.29, 1.82) is 0 Å². The van der Waals surface area contributed by atoms with Gasteiger partial charge in [-0.2, -0.15) is 0 Å². The predicted molar refractivity (Wildman–Crippen MR) is 94.2 cm³/mol. The van der Waals surface area contributed by atoms with E-state index >= 15 is 0 Å². The van der Waals surface area contributed by atoms with E-state index < -0.39 is 4.75 Å². The molecule has 0 unspecified atom stereocenters. The van der Waals surface area contributed by atoms with Gasteiger partial charge in [-0.25, -0.2) is 0 Å². The average molecular weight is 342 g/mol. The van der Waals surface area contributed by atoms with Crippen molar-refractivity contribution < 1.29 is 14.3 Å². The van der Waals surface area contributed by atoms with Crippen LogP contribution in [0.2, 0.25) is 0 Å². The second-order valence-electron chi connectivity index (χ2n) is 5.62. The Kier molecular flexibility index (Phi) is 4.49. The highest BCUT2D eigenvalue weighted by Crippen LogP contribution is 2.42. The Morgan fingerprint density at radius 3 is 2.83 bits per heavy atom. The highest BCUT2D eigenvalue weighted by Gasteiger charge is 2.45. The van der Waals surface area contributed by atoms with Crippen LogP contribution in [0, 0.1) is 0 Å². The normalized spacial score (nSPS) is 19.2. The zero-order chi connectivity index (χ0) is 17.2. The van der Waals surface area contributed by atoms with Gasteiger partial charge in [0.1, 0.15) is 5.75 Å². The molecule has 2 N–H and O–H groups in total. The summed E-state index contributed by atoms with van der Waals surface area (Å²) in [6, 6.07) is 14.9. The summed E-state index contributed by atoms with van der Waals surface area (Å²) in [5.74, 6) is 0.100. The van der Waals surface area contributed by atoms with Crippen LogP contribution in [0.5, 0.6) is 5.75 Å². The first-order chi connectivity index (χ1) is 11.5. The topological polar surface area (TPSA) is 67.4 Å². The van der Waals surface area contributed by atoms with Crippen molar-refractivity contribution in [3.63, 3.8) is 0 Å². The number of para-hydroxylation sites is 1. The number of rotatable bonds is 4. The predicted octanol–water partition coefficient (Wildman–Crippen LogP) is 2.81. The van der Waals surface area contributed by atoms with Crippen LogP contribution in [0.15, 0.2) is 53.4 Å². The van der Waals surface area contributed by atoms with Gasteiger partial charge in [-0.05, 0) is 36.8 Å². The highest BCUT2D eigenvalue weighted by molar-refractivity contribution is 8.02. The summed E-state index contributed by atoms with van der Waals surface area (Å²) in [7, 11) is 1.60. The number of anilines is 1.